The molecule has 4 aromatic rings. The number of aryl methyl sites for hydroxylation is 2. The van der Waals surface area contributed by atoms with Gasteiger partial charge in [-0.25, -0.2) is 4.98 Å². The maximum absolute atomic E-state index is 12.4. The summed E-state index contributed by atoms with van der Waals surface area (Å²) in [5, 5.41) is 3.55. The molecule has 0 saturated carbocycles. The van der Waals surface area contributed by atoms with Crippen LogP contribution >= 0.6 is 11.8 Å². The summed E-state index contributed by atoms with van der Waals surface area (Å²) in [5.74, 6) is -0.750. The van der Waals surface area contributed by atoms with Gasteiger partial charge in [0.05, 0.1) is 23.3 Å². The minimum Gasteiger partial charge on any atom is -0.455 e. The van der Waals surface area contributed by atoms with Crippen LogP contribution in [0.1, 0.15) is 23.6 Å². The zero-order valence-corrected chi connectivity index (χ0v) is 20.1. The Morgan fingerprint density at radius 2 is 1.82 bits per heavy atom. The number of ether oxygens (including phenoxy) is 1. The summed E-state index contributed by atoms with van der Waals surface area (Å²) in [6.45, 7) is 4.42. The number of benzene rings is 3. The second-order valence-electron chi connectivity index (χ2n) is 7.97. The zero-order valence-electron chi connectivity index (χ0n) is 19.3. The molecule has 0 atom stereocenters. The molecule has 3 aromatic carbocycles. The molecular weight excluding hydrogens is 446 g/mol. The number of hydrogen-bond acceptors (Lipinski definition) is 5. The first-order valence-electron chi connectivity index (χ1n) is 11.2. The largest absolute Gasteiger partial charge is 0.455 e. The summed E-state index contributed by atoms with van der Waals surface area (Å²) >= 11 is 1.31. The van der Waals surface area contributed by atoms with Crippen molar-refractivity contribution in [3.8, 4) is 0 Å². The van der Waals surface area contributed by atoms with E-state index in [9.17, 15) is 9.59 Å². The van der Waals surface area contributed by atoms with Gasteiger partial charge in [0, 0.05) is 5.69 Å². The van der Waals surface area contributed by atoms with Crippen molar-refractivity contribution in [2.45, 2.75) is 32.0 Å². The Balaban J connectivity index is 1.38. The molecule has 4 rings (SSSR count). The van der Waals surface area contributed by atoms with Crippen molar-refractivity contribution in [1.82, 2.24) is 9.55 Å². The Morgan fingerprint density at radius 1 is 1.03 bits per heavy atom. The molecule has 0 bridgehead atoms. The van der Waals surface area contributed by atoms with Crippen LogP contribution in [0.4, 0.5) is 5.69 Å². The average Bonchev–Trinajstić information content (AvgIpc) is 3.19. The first-order chi connectivity index (χ1) is 16.5. The van der Waals surface area contributed by atoms with E-state index in [2.05, 4.69) is 35.0 Å². The smallest absolute Gasteiger partial charge is 0.316 e. The van der Waals surface area contributed by atoms with Crippen LogP contribution in [-0.2, 0) is 27.3 Å². The Kier molecular flexibility index (Phi) is 7.65. The molecule has 34 heavy (non-hydrogen) atoms. The van der Waals surface area contributed by atoms with Gasteiger partial charge < -0.3 is 14.6 Å². The highest BCUT2D eigenvalue weighted by Gasteiger charge is 2.15. The number of amides is 1. The van der Waals surface area contributed by atoms with E-state index in [0.717, 1.165) is 39.4 Å². The van der Waals surface area contributed by atoms with E-state index >= 15 is 0 Å². The third kappa shape index (κ3) is 5.85. The molecule has 0 fully saturated rings. The van der Waals surface area contributed by atoms with E-state index < -0.39 is 5.97 Å². The third-order valence-corrected chi connectivity index (χ3v) is 6.35. The van der Waals surface area contributed by atoms with Crippen LogP contribution in [0.25, 0.3) is 11.0 Å². The van der Waals surface area contributed by atoms with Crippen molar-refractivity contribution in [3.63, 3.8) is 0 Å². The fourth-order valence-corrected chi connectivity index (χ4v) is 4.57. The lowest BCUT2D eigenvalue weighted by Gasteiger charge is -2.11. The first kappa shape index (κ1) is 23.6. The number of fused-ring (bicyclic) bond motifs is 1. The van der Waals surface area contributed by atoms with Crippen LogP contribution < -0.4 is 5.32 Å². The van der Waals surface area contributed by atoms with Crippen LogP contribution in [0.3, 0.4) is 0 Å². The number of anilines is 1. The van der Waals surface area contributed by atoms with Crippen LogP contribution in [-0.4, -0.2) is 33.8 Å². The highest BCUT2D eigenvalue weighted by atomic mass is 32.2. The highest BCUT2D eigenvalue weighted by molar-refractivity contribution is 7.99. The lowest BCUT2D eigenvalue weighted by Crippen LogP contribution is -2.22. The topological polar surface area (TPSA) is 73.2 Å². The monoisotopic (exact) mass is 473 g/mol. The van der Waals surface area contributed by atoms with Crippen LogP contribution in [0.2, 0.25) is 0 Å². The number of esters is 1. The Bertz CT molecular complexity index is 1320. The molecule has 0 saturated heterocycles. The quantitative estimate of drug-likeness (QED) is 0.266. The molecule has 6 nitrogen and oxygen atoms in total. The summed E-state index contributed by atoms with van der Waals surface area (Å²) in [4.78, 5) is 29.3. The average molecular weight is 474 g/mol. The molecule has 1 N–H and O–H groups in total. The number of nitrogens with one attached hydrogen (secondary N) is 1. The molecular formula is C27H27N3O3S. The molecule has 0 aliphatic rings. The number of thioether (sulfide) groups is 1. The molecule has 1 heterocycles. The van der Waals surface area contributed by atoms with Gasteiger partial charge in [0.1, 0.15) is 0 Å². The van der Waals surface area contributed by atoms with Crippen molar-refractivity contribution in [2.75, 3.05) is 17.7 Å². The minimum atomic E-state index is -0.460. The summed E-state index contributed by atoms with van der Waals surface area (Å²) in [7, 11) is 0. The van der Waals surface area contributed by atoms with Gasteiger partial charge in [-0.2, -0.15) is 0 Å². The Morgan fingerprint density at radius 3 is 2.65 bits per heavy atom. The number of imidazole rings is 1. The second kappa shape index (κ2) is 11.0. The number of rotatable bonds is 9. The maximum Gasteiger partial charge on any atom is 0.316 e. The predicted octanol–water partition coefficient (Wildman–Crippen LogP) is 5.23. The van der Waals surface area contributed by atoms with Crippen molar-refractivity contribution in [2.24, 2.45) is 0 Å². The van der Waals surface area contributed by atoms with E-state index in [4.69, 9.17) is 9.72 Å². The molecule has 0 aliphatic heterocycles. The van der Waals surface area contributed by atoms with Gasteiger partial charge in [-0.15, -0.1) is 0 Å². The standard InChI is InChI=1S/C27H27N3O3S/c1-3-21-11-4-5-12-22(21)28-25(31)17-33-26(32)18-34-27-29-23-13-6-7-14-24(23)30(27)16-20-10-8-9-19(2)15-20/h4-15H,3,16-18H2,1-2H3,(H,28,31). The van der Waals surface area contributed by atoms with Crippen molar-refractivity contribution >= 4 is 40.4 Å². The van der Waals surface area contributed by atoms with Gasteiger partial charge in [0.2, 0.25) is 0 Å². The fraction of sp³-hybridized carbons (Fsp3) is 0.222. The zero-order chi connectivity index (χ0) is 23.9. The second-order valence-corrected chi connectivity index (χ2v) is 8.91. The van der Waals surface area contributed by atoms with E-state index in [0.29, 0.717) is 6.54 Å². The Labute approximate surface area is 203 Å². The summed E-state index contributed by atoms with van der Waals surface area (Å²) in [5.41, 5.74) is 6.01. The van der Waals surface area contributed by atoms with Gasteiger partial charge >= 0.3 is 5.97 Å². The van der Waals surface area contributed by atoms with Crippen LogP contribution in [0, 0.1) is 6.92 Å². The number of carbonyl (C=O) groups is 2. The third-order valence-electron chi connectivity index (χ3n) is 5.40. The summed E-state index contributed by atoms with van der Waals surface area (Å²) in [6, 6.07) is 23.8. The molecule has 1 aromatic heterocycles. The van der Waals surface area contributed by atoms with Gasteiger partial charge in [0.15, 0.2) is 11.8 Å². The molecule has 0 spiro atoms. The molecule has 0 radical (unpaired) electrons. The van der Waals surface area contributed by atoms with Crippen molar-refractivity contribution in [3.05, 3.63) is 89.5 Å². The normalized spacial score (nSPS) is 10.9. The van der Waals surface area contributed by atoms with E-state index in [1.807, 2.05) is 61.5 Å². The van der Waals surface area contributed by atoms with E-state index in [-0.39, 0.29) is 18.3 Å². The molecule has 0 aliphatic carbocycles. The van der Waals surface area contributed by atoms with Gasteiger partial charge in [-0.05, 0) is 42.7 Å². The highest BCUT2D eigenvalue weighted by Crippen LogP contribution is 2.25. The SMILES string of the molecule is CCc1ccccc1NC(=O)COC(=O)CSc1nc2ccccc2n1Cc1cccc(C)c1. The van der Waals surface area contributed by atoms with E-state index in [1.165, 1.54) is 17.3 Å². The Hall–Kier alpha value is -3.58. The predicted molar refractivity (Wildman–Crippen MR) is 136 cm³/mol. The van der Waals surface area contributed by atoms with Gasteiger partial charge in [-0.3, -0.25) is 9.59 Å². The van der Waals surface area contributed by atoms with Gasteiger partial charge in [-0.1, -0.05) is 78.8 Å². The summed E-state index contributed by atoms with van der Waals surface area (Å²) < 4.78 is 7.32. The number of nitrogens with zero attached hydrogens (tertiary/aromatic N) is 2. The molecule has 0 unspecified atom stereocenters. The number of para-hydroxylation sites is 3. The number of hydrogen-bond donors (Lipinski definition) is 1. The van der Waals surface area contributed by atoms with Crippen molar-refractivity contribution in [1.29, 1.82) is 0 Å². The first-order valence-corrected chi connectivity index (χ1v) is 12.2. The minimum absolute atomic E-state index is 0.0654. The fourth-order valence-electron chi connectivity index (χ4n) is 3.76. The number of aromatic nitrogens is 2. The lowest BCUT2D eigenvalue weighted by atomic mass is 10.1. The van der Waals surface area contributed by atoms with E-state index in [1.54, 1.807) is 0 Å². The maximum atomic E-state index is 12.4. The molecule has 1 amide bonds. The van der Waals surface area contributed by atoms with Crippen LogP contribution in [0.15, 0.2) is 78.0 Å². The number of carbonyl (C=O) groups excluding carboxylic acids is 2. The molecule has 7 heteroatoms. The molecule has 174 valence electrons. The van der Waals surface area contributed by atoms with Crippen molar-refractivity contribution < 1.29 is 14.3 Å². The van der Waals surface area contributed by atoms with Crippen LogP contribution in [0.5, 0.6) is 0 Å². The summed E-state index contributed by atoms with van der Waals surface area (Å²) in [6.07, 6.45) is 0.802. The van der Waals surface area contributed by atoms with Gasteiger partial charge in [0.25, 0.3) is 5.91 Å². The lowest BCUT2D eigenvalue weighted by molar-refractivity contribution is -0.144.